The lowest BCUT2D eigenvalue weighted by atomic mass is 10.2. The number of nitrogens with one attached hydrogen (secondary N) is 2. The van der Waals surface area contributed by atoms with Gasteiger partial charge in [0.25, 0.3) is 5.91 Å². The van der Waals surface area contributed by atoms with Crippen LogP contribution in [0.15, 0.2) is 36.5 Å². The second kappa shape index (κ2) is 7.51. The predicted molar refractivity (Wildman–Crippen MR) is 91.6 cm³/mol. The maximum absolute atomic E-state index is 12.9. The molecule has 26 heavy (non-hydrogen) atoms. The molecule has 1 amide bonds. The average Bonchev–Trinajstić information content (AvgIpc) is 3.12. The molecule has 5 nitrogen and oxygen atoms in total. The minimum atomic E-state index is -4.54. The van der Waals surface area contributed by atoms with Crippen molar-refractivity contribution in [1.82, 2.24) is 4.98 Å². The second-order valence-electron chi connectivity index (χ2n) is 5.74. The number of rotatable bonds is 4. The number of halogens is 4. The average molecular weight is 386 g/mol. The zero-order valence-electron chi connectivity index (χ0n) is 13.4. The van der Waals surface area contributed by atoms with E-state index in [0.717, 1.165) is 12.5 Å². The predicted octanol–water partition coefficient (Wildman–Crippen LogP) is 4.61. The molecule has 1 aromatic carbocycles. The van der Waals surface area contributed by atoms with Crippen LogP contribution in [-0.2, 0) is 15.7 Å². The van der Waals surface area contributed by atoms with Crippen molar-refractivity contribution in [2.45, 2.75) is 25.1 Å². The Kier molecular flexibility index (Phi) is 5.33. The van der Waals surface area contributed by atoms with Crippen LogP contribution in [-0.4, -0.2) is 23.6 Å². The number of carbonyl (C=O) groups is 1. The van der Waals surface area contributed by atoms with E-state index in [1.165, 1.54) is 18.3 Å². The number of hydrogen-bond donors (Lipinski definition) is 2. The molecule has 0 bridgehead atoms. The molecule has 0 spiro atoms. The number of nitrogens with zero attached hydrogens (tertiary/aromatic N) is 1. The number of hydrogen-bond acceptors (Lipinski definition) is 4. The number of benzene rings is 1. The number of alkyl halides is 3. The van der Waals surface area contributed by atoms with Crippen LogP contribution in [0.4, 0.5) is 30.4 Å². The first-order valence-corrected chi connectivity index (χ1v) is 8.23. The monoisotopic (exact) mass is 385 g/mol. The Morgan fingerprint density at radius 1 is 1.23 bits per heavy atom. The summed E-state index contributed by atoms with van der Waals surface area (Å²) in [5.74, 6) is 0.0908. The van der Waals surface area contributed by atoms with Crippen LogP contribution in [0.5, 0.6) is 0 Å². The van der Waals surface area contributed by atoms with Crippen LogP contribution in [0.2, 0.25) is 5.02 Å². The Morgan fingerprint density at radius 3 is 2.62 bits per heavy atom. The molecule has 2 heterocycles. The van der Waals surface area contributed by atoms with E-state index in [1.807, 2.05) is 0 Å². The fourth-order valence-electron chi connectivity index (χ4n) is 2.52. The van der Waals surface area contributed by atoms with Gasteiger partial charge in [0, 0.05) is 12.3 Å². The van der Waals surface area contributed by atoms with Gasteiger partial charge in [-0.15, -0.1) is 0 Å². The molecule has 0 aliphatic carbocycles. The number of pyridine rings is 1. The lowest BCUT2D eigenvalue weighted by Crippen LogP contribution is -2.26. The van der Waals surface area contributed by atoms with Crippen molar-refractivity contribution in [2.75, 3.05) is 17.2 Å². The van der Waals surface area contributed by atoms with E-state index in [2.05, 4.69) is 15.6 Å². The fraction of sp³-hybridized carbons (Fsp3) is 0.294. The van der Waals surface area contributed by atoms with Gasteiger partial charge in [0.1, 0.15) is 11.9 Å². The van der Waals surface area contributed by atoms with Gasteiger partial charge in [0.15, 0.2) is 0 Å². The molecule has 9 heteroatoms. The number of aromatic nitrogens is 1. The normalized spacial score (nSPS) is 17.2. The van der Waals surface area contributed by atoms with Gasteiger partial charge < -0.3 is 15.4 Å². The number of ether oxygens (including phenoxy) is 1. The van der Waals surface area contributed by atoms with Crippen LogP contribution < -0.4 is 10.6 Å². The highest BCUT2D eigenvalue weighted by atomic mass is 35.5. The Labute approximate surface area is 152 Å². The smallest absolute Gasteiger partial charge is 0.368 e. The maximum atomic E-state index is 12.9. The highest BCUT2D eigenvalue weighted by Crippen LogP contribution is 2.36. The zero-order chi connectivity index (χ0) is 18.7. The van der Waals surface area contributed by atoms with E-state index in [0.29, 0.717) is 24.5 Å². The van der Waals surface area contributed by atoms with Crippen LogP contribution in [0, 0.1) is 0 Å². The van der Waals surface area contributed by atoms with Gasteiger partial charge in [-0.2, -0.15) is 13.2 Å². The Hall–Kier alpha value is -2.32. The maximum Gasteiger partial charge on any atom is 0.417 e. The summed E-state index contributed by atoms with van der Waals surface area (Å²) in [4.78, 5) is 16.0. The van der Waals surface area contributed by atoms with Gasteiger partial charge in [0.05, 0.1) is 22.5 Å². The fourth-order valence-corrected chi connectivity index (χ4v) is 2.74. The molecule has 1 fully saturated rings. The zero-order valence-corrected chi connectivity index (χ0v) is 14.2. The van der Waals surface area contributed by atoms with Crippen molar-refractivity contribution >= 4 is 34.7 Å². The third kappa shape index (κ3) is 4.44. The first kappa shape index (κ1) is 18.5. The molecule has 1 aliphatic heterocycles. The van der Waals surface area contributed by atoms with Gasteiger partial charge >= 0.3 is 6.18 Å². The molecule has 1 saturated heterocycles. The van der Waals surface area contributed by atoms with Gasteiger partial charge in [-0.3, -0.25) is 4.79 Å². The molecule has 1 atom stereocenters. The Morgan fingerprint density at radius 2 is 2.00 bits per heavy atom. The second-order valence-corrected chi connectivity index (χ2v) is 6.15. The molecule has 2 N–H and O–H groups in total. The first-order chi connectivity index (χ1) is 12.3. The minimum absolute atomic E-state index is 0.199. The molecule has 1 aromatic heterocycles. The summed E-state index contributed by atoms with van der Waals surface area (Å²) in [6.07, 6.45) is -2.06. The topological polar surface area (TPSA) is 63.2 Å². The molecule has 0 saturated carbocycles. The van der Waals surface area contributed by atoms with Gasteiger partial charge in [0.2, 0.25) is 0 Å². The third-order valence-electron chi connectivity index (χ3n) is 3.80. The molecule has 1 aliphatic rings. The van der Waals surface area contributed by atoms with E-state index in [9.17, 15) is 18.0 Å². The minimum Gasteiger partial charge on any atom is -0.368 e. The molecular weight excluding hydrogens is 371 g/mol. The van der Waals surface area contributed by atoms with Crippen molar-refractivity contribution in [1.29, 1.82) is 0 Å². The van der Waals surface area contributed by atoms with E-state index in [4.69, 9.17) is 16.3 Å². The molecule has 3 rings (SSSR count). The number of carbonyl (C=O) groups excluding carboxylic acids is 1. The van der Waals surface area contributed by atoms with E-state index < -0.39 is 17.8 Å². The van der Waals surface area contributed by atoms with Crippen molar-refractivity contribution < 1.29 is 22.7 Å². The van der Waals surface area contributed by atoms with Crippen molar-refractivity contribution in [3.05, 3.63) is 47.1 Å². The van der Waals surface area contributed by atoms with E-state index in [1.54, 1.807) is 12.1 Å². The van der Waals surface area contributed by atoms with Gasteiger partial charge in [-0.25, -0.2) is 4.98 Å². The summed E-state index contributed by atoms with van der Waals surface area (Å²) >= 11 is 5.59. The quantitative estimate of drug-likeness (QED) is 0.806. The van der Waals surface area contributed by atoms with E-state index in [-0.39, 0.29) is 16.6 Å². The Balaban J connectivity index is 1.67. The molecule has 2 aromatic rings. The molecule has 1 unspecified atom stereocenters. The van der Waals surface area contributed by atoms with Crippen molar-refractivity contribution in [3.63, 3.8) is 0 Å². The van der Waals surface area contributed by atoms with Crippen LogP contribution >= 0.6 is 11.6 Å². The highest BCUT2D eigenvalue weighted by Gasteiger charge is 2.33. The molecule has 138 valence electrons. The van der Waals surface area contributed by atoms with E-state index >= 15 is 0 Å². The standard InChI is InChI=1S/C17H15ClF3N3O2/c18-13-5-3-10(8-12(13)17(19,20)21)23-15-6-4-11(9-22-15)24-16(25)14-2-1-7-26-14/h3-6,8-9,14H,1-2,7H2,(H,22,23)(H,24,25). The summed E-state index contributed by atoms with van der Waals surface area (Å²) in [5.41, 5.74) is -0.252. The summed E-state index contributed by atoms with van der Waals surface area (Å²) in [6.45, 7) is 0.570. The lowest BCUT2D eigenvalue weighted by molar-refractivity contribution is -0.137. The van der Waals surface area contributed by atoms with Gasteiger partial charge in [-0.1, -0.05) is 11.6 Å². The molecular formula is C17H15ClF3N3O2. The number of amides is 1. The lowest BCUT2D eigenvalue weighted by Gasteiger charge is -2.13. The highest BCUT2D eigenvalue weighted by molar-refractivity contribution is 6.31. The van der Waals surface area contributed by atoms with Crippen LogP contribution in [0.1, 0.15) is 18.4 Å². The Bertz CT molecular complexity index is 791. The number of anilines is 3. The largest absolute Gasteiger partial charge is 0.417 e. The summed E-state index contributed by atoms with van der Waals surface area (Å²) in [6, 6.07) is 6.65. The summed E-state index contributed by atoms with van der Waals surface area (Å²) < 4.78 is 44.0. The van der Waals surface area contributed by atoms with Crippen LogP contribution in [0.3, 0.4) is 0 Å². The van der Waals surface area contributed by atoms with Crippen molar-refractivity contribution in [2.24, 2.45) is 0 Å². The molecule has 0 radical (unpaired) electrons. The van der Waals surface area contributed by atoms with Gasteiger partial charge in [-0.05, 0) is 43.2 Å². The van der Waals surface area contributed by atoms with Crippen molar-refractivity contribution in [3.8, 4) is 0 Å². The first-order valence-electron chi connectivity index (χ1n) is 7.85. The summed E-state index contributed by atoms with van der Waals surface area (Å²) in [7, 11) is 0. The van der Waals surface area contributed by atoms with Crippen LogP contribution in [0.25, 0.3) is 0 Å². The third-order valence-corrected chi connectivity index (χ3v) is 4.13. The SMILES string of the molecule is O=C(Nc1ccc(Nc2ccc(Cl)c(C(F)(F)F)c2)nc1)C1CCCO1. The summed E-state index contributed by atoms with van der Waals surface area (Å²) in [5, 5.41) is 5.09.